The zero-order valence-electron chi connectivity index (χ0n) is 11.2. The van der Waals surface area contributed by atoms with Crippen molar-refractivity contribution in [1.82, 2.24) is 4.90 Å². The molecule has 0 aliphatic heterocycles. The summed E-state index contributed by atoms with van der Waals surface area (Å²) in [6, 6.07) is 10.5. The topological polar surface area (TPSA) is 40.5 Å². The highest BCUT2D eigenvalue weighted by Crippen LogP contribution is 1.99. The molecule has 0 aromatic heterocycles. The molecule has 3 nitrogen and oxygen atoms in total. The van der Waals surface area contributed by atoms with Gasteiger partial charge in [-0.25, -0.2) is 4.79 Å². The number of benzene rings is 1. The molecule has 0 radical (unpaired) electrons. The molecular formula is C14H22ClNO2. The van der Waals surface area contributed by atoms with E-state index >= 15 is 0 Å². The Morgan fingerprint density at radius 2 is 1.78 bits per heavy atom. The molecule has 102 valence electrons. The average Bonchev–Trinajstić information content (AvgIpc) is 2.29. The third-order valence-electron chi connectivity index (χ3n) is 2.07. The molecule has 0 amide bonds. The van der Waals surface area contributed by atoms with Gasteiger partial charge in [-0.05, 0) is 26.1 Å². The van der Waals surface area contributed by atoms with Gasteiger partial charge in [0.15, 0.2) is 0 Å². The summed E-state index contributed by atoms with van der Waals surface area (Å²) in [5.74, 6) is -0.900. The van der Waals surface area contributed by atoms with Crippen molar-refractivity contribution in [2.45, 2.75) is 19.9 Å². The molecule has 0 atom stereocenters. The fourth-order valence-corrected chi connectivity index (χ4v) is 1.10. The molecule has 1 N–H and O–H groups in total. The number of rotatable bonds is 4. The molecule has 0 fully saturated rings. The molecule has 0 saturated carbocycles. The highest BCUT2D eigenvalue weighted by Gasteiger charge is 1.96. The number of hydrogen-bond donors (Lipinski definition) is 1. The van der Waals surface area contributed by atoms with Gasteiger partial charge in [0.25, 0.3) is 0 Å². The second kappa shape index (κ2) is 10.8. The Balaban J connectivity index is 0. The molecule has 1 aromatic carbocycles. The molecule has 0 bridgehead atoms. The molecule has 0 unspecified atom stereocenters. The first kappa shape index (κ1) is 19.0. The molecule has 1 aromatic rings. The standard InChI is InChI=1S/C9H13N.C5H8O2.ClH/c1-10(2)8-9-6-4-3-5-7-9;1-3-4(2)5(6)7;/h3-7H,8H2,1-2H3;2-3H2,1H3,(H,6,7);1H. The number of nitrogens with zero attached hydrogens (tertiary/aromatic N) is 1. The van der Waals surface area contributed by atoms with Crippen molar-refractivity contribution in [3.05, 3.63) is 48.0 Å². The quantitative estimate of drug-likeness (QED) is 0.855. The van der Waals surface area contributed by atoms with Gasteiger partial charge in [0, 0.05) is 12.1 Å². The van der Waals surface area contributed by atoms with E-state index in [1.165, 1.54) is 5.56 Å². The van der Waals surface area contributed by atoms with E-state index < -0.39 is 5.97 Å². The largest absolute Gasteiger partial charge is 0.478 e. The zero-order chi connectivity index (χ0) is 13.3. The fourth-order valence-electron chi connectivity index (χ4n) is 1.10. The summed E-state index contributed by atoms with van der Waals surface area (Å²) in [7, 11) is 4.15. The fraction of sp³-hybridized carbons (Fsp3) is 0.357. The SMILES string of the molecule is C=C(CC)C(=O)O.CN(C)Cc1ccccc1.Cl. The van der Waals surface area contributed by atoms with Gasteiger partial charge < -0.3 is 10.0 Å². The average molecular weight is 272 g/mol. The predicted molar refractivity (Wildman–Crippen MR) is 78.1 cm³/mol. The Bertz CT molecular complexity index is 350. The summed E-state index contributed by atoms with van der Waals surface area (Å²) >= 11 is 0. The normalized spacial score (nSPS) is 8.89. The lowest BCUT2D eigenvalue weighted by molar-refractivity contribution is -0.132. The Kier molecular flexibility index (Phi) is 11.4. The molecule has 0 aliphatic carbocycles. The second-order valence-electron chi connectivity index (χ2n) is 3.99. The zero-order valence-corrected chi connectivity index (χ0v) is 12.0. The number of carboxylic acid groups (broad SMARTS) is 1. The van der Waals surface area contributed by atoms with Crippen LogP contribution in [0, 0.1) is 0 Å². The number of hydrogen-bond acceptors (Lipinski definition) is 2. The van der Waals surface area contributed by atoms with Gasteiger partial charge in [0.1, 0.15) is 0 Å². The third kappa shape index (κ3) is 9.87. The van der Waals surface area contributed by atoms with Crippen molar-refractivity contribution in [2.24, 2.45) is 0 Å². The van der Waals surface area contributed by atoms with Crippen molar-refractivity contribution in [3.8, 4) is 0 Å². The van der Waals surface area contributed by atoms with Gasteiger partial charge in [-0.2, -0.15) is 0 Å². The Morgan fingerprint density at radius 3 is 2.06 bits per heavy atom. The van der Waals surface area contributed by atoms with Crippen LogP contribution >= 0.6 is 12.4 Å². The van der Waals surface area contributed by atoms with E-state index in [9.17, 15) is 4.79 Å². The molecule has 0 saturated heterocycles. The summed E-state index contributed by atoms with van der Waals surface area (Å²) < 4.78 is 0. The first-order valence-corrected chi connectivity index (χ1v) is 5.57. The van der Waals surface area contributed by atoms with Crippen LogP contribution in [0.15, 0.2) is 42.5 Å². The first-order valence-electron chi connectivity index (χ1n) is 5.57. The summed E-state index contributed by atoms with van der Waals surface area (Å²) in [5, 5.41) is 8.08. The van der Waals surface area contributed by atoms with Crippen LogP contribution < -0.4 is 0 Å². The van der Waals surface area contributed by atoms with Crippen LogP contribution in [0.1, 0.15) is 18.9 Å². The summed E-state index contributed by atoms with van der Waals surface area (Å²) in [6.45, 7) is 6.06. The van der Waals surface area contributed by atoms with Gasteiger partial charge in [-0.1, -0.05) is 43.8 Å². The highest BCUT2D eigenvalue weighted by atomic mass is 35.5. The van der Waals surface area contributed by atoms with E-state index in [-0.39, 0.29) is 18.0 Å². The van der Waals surface area contributed by atoms with Crippen molar-refractivity contribution in [1.29, 1.82) is 0 Å². The van der Waals surface area contributed by atoms with Crippen LogP contribution in [0.5, 0.6) is 0 Å². The predicted octanol–water partition coefficient (Wildman–Crippen LogP) is 3.21. The van der Waals surface area contributed by atoms with Crippen LogP contribution in [0.2, 0.25) is 0 Å². The van der Waals surface area contributed by atoms with Gasteiger partial charge in [0.05, 0.1) is 0 Å². The first-order chi connectivity index (χ1) is 7.97. The molecule has 0 heterocycles. The van der Waals surface area contributed by atoms with Crippen LogP contribution in [0.25, 0.3) is 0 Å². The van der Waals surface area contributed by atoms with Crippen LogP contribution in [-0.4, -0.2) is 30.1 Å². The monoisotopic (exact) mass is 271 g/mol. The molecule has 18 heavy (non-hydrogen) atoms. The van der Waals surface area contributed by atoms with Crippen molar-refractivity contribution >= 4 is 18.4 Å². The highest BCUT2D eigenvalue weighted by molar-refractivity contribution is 5.85. The number of carbonyl (C=O) groups is 1. The van der Waals surface area contributed by atoms with Crippen molar-refractivity contribution in [2.75, 3.05) is 14.1 Å². The maximum Gasteiger partial charge on any atom is 0.330 e. The van der Waals surface area contributed by atoms with E-state index in [4.69, 9.17) is 5.11 Å². The number of carboxylic acids is 1. The van der Waals surface area contributed by atoms with E-state index in [2.05, 4.69) is 49.8 Å². The van der Waals surface area contributed by atoms with Gasteiger partial charge in [-0.3, -0.25) is 0 Å². The van der Waals surface area contributed by atoms with Gasteiger partial charge >= 0.3 is 5.97 Å². The third-order valence-corrected chi connectivity index (χ3v) is 2.07. The van der Waals surface area contributed by atoms with E-state index in [0.717, 1.165) is 6.54 Å². The van der Waals surface area contributed by atoms with E-state index in [0.29, 0.717) is 6.42 Å². The summed E-state index contributed by atoms with van der Waals surface area (Å²) in [5.41, 5.74) is 1.63. The molecule has 1 rings (SSSR count). The smallest absolute Gasteiger partial charge is 0.330 e. The Morgan fingerprint density at radius 1 is 1.28 bits per heavy atom. The van der Waals surface area contributed by atoms with E-state index in [1.54, 1.807) is 6.92 Å². The lowest BCUT2D eigenvalue weighted by Crippen LogP contribution is -2.10. The lowest BCUT2D eigenvalue weighted by atomic mass is 10.2. The van der Waals surface area contributed by atoms with Gasteiger partial charge in [0.2, 0.25) is 0 Å². The number of aliphatic carboxylic acids is 1. The number of halogens is 1. The van der Waals surface area contributed by atoms with Crippen molar-refractivity contribution in [3.63, 3.8) is 0 Å². The molecule has 0 spiro atoms. The van der Waals surface area contributed by atoms with Crippen molar-refractivity contribution < 1.29 is 9.90 Å². The lowest BCUT2D eigenvalue weighted by Gasteiger charge is -2.08. The van der Waals surface area contributed by atoms with Crippen LogP contribution in [0.4, 0.5) is 0 Å². The summed E-state index contributed by atoms with van der Waals surface area (Å²) in [4.78, 5) is 12.0. The maximum atomic E-state index is 9.83. The van der Waals surface area contributed by atoms with Crippen LogP contribution in [0.3, 0.4) is 0 Å². The minimum atomic E-state index is -0.900. The minimum Gasteiger partial charge on any atom is -0.478 e. The maximum absolute atomic E-state index is 9.83. The summed E-state index contributed by atoms with van der Waals surface area (Å²) in [6.07, 6.45) is 0.523. The van der Waals surface area contributed by atoms with Crippen LogP contribution in [-0.2, 0) is 11.3 Å². The molecular weight excluding hydrogens is 250 g/mol. The Labute approximate surface area is 116 Å². The second-order valence-corrected chi connectivity index (χ2v) is 3.99. The van der Waals surface area contributed by atoms with Gasteiger partial charge in [-0.15, -0.1) is 12.4 Å². The minimum absolute atomic E-state index is 0. The molecule has 0 aliphatic rings. The van der Waals surface area contributed by atoms with E-state index in [1.807, 2.05) is 6.07 Å². The Hall–Kier alpha value is -1.32. The molecule has 4 heteroatoms.